The summed E-state index contributed by atoms with van der Waals surface area (Å²) in [4.78, 5) is 0.0734. The number of benzene rings is 1. The molecule has 0 saturated carbocycles. The molecule has 0 heterocycles. The highest BCUT2D eigenvalue weighted by molar-refractivity contribution is 9.11. The highest BCUT2D eigenvalue weighted by Gasteiger charge is 2.26. The predicted octanol–water partition coefficient (Wildman–Crippen LogP) is 2.06. The largest absolute Gasteiger partial charge is 0.398 e. The van der Waals surface area contributed by atoms with Crippen LogP contribution in [-0.4, -0.2) is 40.0 Å². The number of ether oxygens (including phenoxy) is 1. The van der Waals surface area contributed by atoms with Gasteiger partial charge in [0.25, 0.3) is 0 Å². The van der Waals surface area contributed by atoms with Gasteiger partial charge in [0.05, 0.1) is 12.3 Å². The first-order chi connectivity index (χ1) is 8.30. The minimum absolute atomic E-state index is 0.0734. The first kappa shape index (κ1) is 15.9. The maximum atomic E-state index is 12.3. The fourth-order valence-electron chi connectivity index (χ4n) is 1.35. The normalized spacial score (nSPS) is 12.1. The van der Waals surface area contributed by atoms with E-state index >= 15 is 0 Å². The molecule has 8 heteroatoms. The minimum Gasteiger partial charge on any atom is -0.398 e. The number of nitrogens with zero attached hydrogens (tertiary/aromatic N) is 1. The van der Waals surface area contributed by atoms with Crippen molar-refractivity contribution in [2.75, 3.05) is 33.0 Å². The molecular weight excluding hydrogens is 388 g/mol. The monoisotopic (exact) mass is 400 g/mol. The molecule has 0 aliphatic rings. The van der Waals surface area contributed by atoms with E-state index in [9.17, 15) is 8.42 Å². The number of anilines is 1. The number of hydrogen-bond donors (Lipinski definition) is 1. The standard InChI is InChI=1S/C10H14Br2N2O3S/c1-14(3-4-17-2)18(15,16)10-8(12)5-7(11)6-9(10)13/h5-6H,3-4,13H2,1-2H3. The summed E-state index contributed by atoms with van der Waals surface area (Å²) in [5.74, 6) is 0. The molecular formula is C10H14Br2N2O3S. The molecule has 0 aliphatic carbocycles. The molecule has 102 valence electrons. The summed E-state index contributed by atoms with van der Waals surface area (Å²) in [5, 5.41) is 0. The molecule has 0 aliphatic heterocycles. The molecule has 18 heavy (non-hydrogen) atoms. The van der Waals surface area contributed by atoms with E-state index in [1.807, 2.05) is 0 Å². The SMILES string of the molecule is COCCN(C)S(=O)(=O)c1c(N)cc(Br)cc1Br. The molecule has 0 fully saturated rings. The van der Waals surface area contributed by atoms with Gasteiger partial charge in [0, 0.05) is 29.6 Å². The van der Waals surface area contributed by atoms with Crippen molar-refractivity contribution in [1.82, 2.24) is 4.31 Å². The molecule has 0 aromatic heterocycles. The Morgan fingerprint density at radius 3 is 2.50 bits per heavy atom. The Bertz CT molecular complexity index is 511. The number of hydrogen-bond acceptors (Lipinski definition) is 4. The van der Waals surface area contributed by atoms with E-state index in [-0.39, 0.29) is 17.1 Å². The Kier molecular flexibility index (Phi) is 5.60. The van der Waals surface area contributed by atoms with Crippen LogP contribution in [0, 0.1) is 0 Å². The summed E-state index contributed by atoms with van der Waals surface area (Å²) in [5.41, 5.74) is 5.97. The Morgan fingerprint density at radius 2 is 2.00 bits per heavy atom. The molecule has 5 nitrogen and oxygen atoms in total. The third-order valence-electron chi connectivity index (χ3n) is 2.32. The number of rotatable bonds is 5. The van der Waals surface area contributed by atoms with Gasteiger partial charge in [-0.05, 0) is 28.1 Å². The van der Waals surface area contributed by atoms with Crippen molar-refractivity contribution in [2.24, 2.45) is 0 Å². The van der Waals surface area contributed by atoms with Gasteiger partial charge >= 0.3 is 0 Å². The molecule has 0 bridgehead atoms. The zero-order chi connectivity index (χ0) is 13.9. The summed E-state index contributed by atoms with van der Waals surface area (Å²) < 4.78 is 31.9. The van der Waals surface area contributed by atoms with Crippen LogP contribution in [-0.2, 0) is 14.8 Å². The molecule has 1 rings (SSSR count). The van der Waals surface area contributed by atoms with Crippen molar-refractivity contribution in [1.29, 1.82) is 0 Å². The van der Waals surface area contributed by atoms with Crippen LogP contribution in [0.4, 0.5) is 5.69 Å². The first-order valence-corrected chi connectivity index (χ1v) is 8.03. The van der Waals surface area contributed by atoms with Gasteiger partial charge in [-0.1, -0.05) is 15.9 Å². The smallest absolute Gasteiger partial charge is 0.246 e. The van der Waals surface area contributed by atoms with Crippen LogP contribution >= 0.6 is 31.9 Å². The Hall–Kier alpha value is -0.150. The van der Waals surface area contributed by atoms with E-state index in [1.165, 1.54) is 18.5 Å². The summed E-state index contributed by atoms with van der Waals surface area (Å²) in [6, 6.07) is 3.20. The van der Waals surface area contributed by atoms with Crippen molar-refractivity contribution in [2.45, 2.75) is 4.90 Å². The zero-order valence-electron chi connectivity index (χ0n) is 9.98. The van der Waals surface area contributed by atoms with Crippen molar-refractivity contribution in [3.8, 4) is 0 Å². The molecule has 0 radical (unpaired) electrons. The molecule has 0 spiro atoms. The highest BCUT2D eigenvalue weighted by Crippen LogP contribution is 2.33. The number of nitrogen functional groups attached to an aromatic ring is 1. The molecule has 0 atom stereocenters. The fourth-order valence-corrected chi connectivity index (χ4v) is 4.51. The topological polar surface area (TPSA) is 72.6 Å². The lowest BCUT2D eigenvalue weighted by Gasteiger charge is -2.19. The van der Waals surface area contributed by atoms with Crippen LogP contribution in [0.1, 0.15) is 0 Å². The van der Waals surface area contributed by atoms with Crippen LogP contribution in [0.5, 0.6) is 0 Å². The summed E-state index contributed by atoms with van der Waals surface area (Å²) >= 11 is 6.48. The maximum Gasteiger partial charge on any atom is 0.246 e. The Labute approximate surface area is 124 Å². The van der Waals surface area contributed by atoms with Crippen LogP contribution in [0.3, 0.4) is 0 Å². The highest BCUT2D eigenvalue weighted by atomic mass is 79.9. The predicted molar refractivity (Wildman–Crippen MR) is 77.9 cm³/mol. The van der Waals surface area contributed by atoms with Gasteiger partial charge in [-0.3, -0.25) is 0 Å². The van der Waals surface area contributed by atoms with Crippen molar-refractivity contribution >= 4 is 47.6 Å². The second-order valence-corrected chi connectivity index (χ2v) is 7.38. The van der Waals surface area contributed by atoms with Gasteiger partial charge in [0.2, 0.25) is 10.0 Å². The van der Waals surface area contributed by atoms with Gasteiger partial charge in [0.15, 0.2) is 0 Å². The average Bonchev–Trinajstić information content (AvgIpc) is 2.23. The number of halogens is 2. The van der Waals surface area contributed by atoms with E-state index in [4.69, 9.17) is 10.5 Å². The Balaban J connectivity index is 3.20. The van der Waals surface area contributed by atoms with Crippen molar-refractivity contribution in [3.63, 3.8) is 0 Å². The van der Waals surface area contributed by atoms with E-state index < -0.39 is 10.0 Å². The summed E-state index contributed by atoms with van der Waals surface area (Å²) in [6.07, 6.45) is 0. The second kappa shape index (κ2) is 6.33. The van der Waals surface area contributed by atoms with Gasteiger partial charge in [-0.2, -0.15) is 4.31 Å². The van der Waals surface area contributed by atoms with Crippen molar-refractivity contribution < 1.29 is 13.2 Å². The number of nitrogens with two attached hydrogens (primary N) is 1. The van der Waals surface area contributed by atoms with Crippen molar-refractivity contribution in [3.05, 3.63) is 21.1 Å². The quantitative estimate of drug-likeness (QED) is 0.766. The van der Waals surface area contributed by atoms with Gasteiger partial charge in [-0.15, -0.1) is 0 Å². The molecule has 1 aromatic rings. The molecule has 0 unspecified atom stereocenters. The molecule has 0 amide bonds. The lowest BCUT2D eigenvalue weighted by molar-refractivity contribution is 0.185. The molecule has 1 aromatic carbocycles. The number of sulfonamides is 1. The van der Waals surface area contributed by atoms with E-state index in [1.54, 1.807) is 12.1 Å². The third-order valence-corrected chi connectivity index (χ3v) is 5.64. The molecule has 2 N–H and O–H groups in total. The van der Waals surface area contributed by atoms with Crippen LogP contribution < -0.4 is 5.73 Å². The summed E-state index contributed by atoms with van der Waals surface area (Å²) in [6.45, 7) is 0.588. The number of likely N-dealkylation sites (N-methyl/N-ethyl adjacent to an activating group) is 1. The van der Waals surface area contributed by atoms with E-state index in [0.29, 0.717) is 15.6 Å². The number of methoxy groups -OCH3 is 1. The molecule has 0 saturated heterocycles. The minimum atomic E-state index is -3.63. The van der Waals surface area contributed by atoms with Crippen LogP contribution in [0.15, 0.2) is 26.0 Å². The first-order valence-electron chi connectivity index (χ1n) is 5.00. The fraction of sp³-hybridized carbons (Fsp3) is 0.400. The average molecular weight is 402 g/mol. The second-order valence-electron chi connectivity index (χ2n) is 3.63. The van der Waals surface area contributed by atoms with Gasteiger partial charge in [0.1, 0.15) is 4.90 Å². The third kappa shape index (κ3) is 3.45. The lowest BCUT2D eigenvalue weighted by Crippen LogP contribution is -2.30. The summed E-state index contributed by atoms with van der Waals surface area (Å²) in [7, 11) is -0.622. The van der Waals surface area contributed by atoms with Crippen LogP contribution in [0.25, 0.3) is 0 Å². The maximum absolute atomic E-state index is 12.3. The lowest BCUT2D eigenvalue weighted by atomic mass is 10.3. The van der Waals surface area contributed by atoms with Gasteiger partial charge in [-0.25, -0.2) is 8.42 Å². The van der Waals surface area contributed by atoms with E-state index in [0.717, 1.165) is 0 Å². The van der Waals surface area contributed by atoms with Gasteiger partial charge < -0.3 is 10.5 Å². The zero-order valence-corrected chi connectivity index (χ0v) is 14.0. The Morgan fingerprint density at radius 1 is 1.39 bits per heavy atom. The van der Waals surface area contributed by atoms with E-state index in [2.05, 4.69) is 31.9 Å². The van der Waals surface area contributed by atoms with Crippen LogP contribution in [0.2, 0.25) is 0 Å².